The summed E-state index contributed by atoms with van der Waals surface area (Å²) >= 11 is 5.80. The number of Topliss-reactive ketones (excluding diaryl/α,β-unsaturated/α-hetero) is 1. The van der Waals surface area contributed by atoms with Gasteiger partial charge in [0.25, 0.3) is 0 Å². The van der Waals surface area contributed by atoms with Gasteiger partial charge in [0.05, 0.1) is 21.9 Å². The van der Waals surface area contributed by atoms with Crippen LogP contribution in [-0.2, 0) is 9.59 Å². The molecule has 0 radical (unpaired) electrons. The van der Waals surface area contributed by atoms with E-state index in [1.807, 2.05) is 12.1 Å². The molecule has 8 heteroatoms. The van der Waals surface area contributed by atoms with E-state index in [2.05, 4.69) is 9.97 Å². The van der Waals surface area contributed by atoms with Gasteiger partial charge >= 0.3 is 5.97 Å². The smallest absolute Gasteiger partial charge is 0.372 e. The van der Waals surface area contributed by atoms with Gasteiger partial charge in [-0.15, -0.1) is 0 Å². The number of hydrogen-bond donors (Lipinski definition) is 3. The summed E-state index contributed by atoms with van der Waals surface area (Å²) in [6.07, 6.45) is 3.12. The van der Waals surface area contributed by atoms with Crippen LogP contribution in [0.25, 0.3) is 22.2 Å². The highest BCUT2D eigenvalue weighted by Crippen LogP contribution is 2.29. The van der Waals surface area contributed by atoms with E-state index in [9.17, 15) is 14.0 Å². The highest BCUT2D eigenvalue weighted by molar-refractivity contribution is 6.33. The third-order valence-electron chi connectivity index (χ3n) is 3.56. The van der Waals surface area contributed by atoms with Gasteiger partial charge in [0.1, 0.15) is 0 Å². The number of halogens is 2. The molecule has 1 aromatic carbocycles. The molecule has 0 saturated heterocycles. The van der Waals surface area contributed by atoms with Crippen molar-refractivity contribution in [1.29, 1.82) is 0 Å². The van der Waals surface area contributed by atoms with Gasteiger partial charge in [-0.3, -0.25) is 9.78 Å². The molecule has 0 aliphatic carbocycles. The molecule has 6 nitrogen and oxygen atoms in total. The van der Waals surface area contributed by atoms with E-state index in [4.69, 9.17) is 22.4 Å². The number of carbonyl (C=O) groups is 2. The van der Waals surface area contributed by atoms with Crippen LogP contribution in [0.4, 0.5) is 10.1 Å². The predicted octanol–water partition coefficient (Wildman–Crippen LogP) is 3.90. The van der Waals surface area contributed by atoms with Crippen LogP contribution in [-0.4, -0.2) is 26.8 Å². The number of rotatable bonds is 3. The Kier molecular flexibility index (Phi) is 5.94. The summed E-state index contributed by atoms with van der Waals surface area (Å²) in [5.74, 6) is -2.82. The van der Waals surface area contributed by atoms with Crippen molar-refractivity contribution in [2.45, 2.75) is 13.8 Å². The molecule has 4 N–H and O–H groups in total. The molecular weight excluding hydrogens is 361 g/mol. The van der Waals surface area contributed by atoms with Crippen LogP contribution in [0.2, 0.25) is 5.02 Å². The number of nitrogen functional groups attached to an aromatic ring is 1. The maximum Gasteiger partial charge on any atom is 0.372 e. The number of fused-ring (bicyclic) bond motifs is 1. The van der Waals surface area contributed by atoms with E-state index in [1.165, 1.54) is 6.20 Å². The topological polar surface area (TPSA) is 109 Å². The number of carboxylic acid groups (broad SMARTS) is 1. The van der Waals surface area contributed by atoms with Gasteiger partial charge < -0.3 is 15.8 Å². The summed E-state index contributed by atoms with van der Waals surface area (Å²) in [5, 5.41) is 9.18. The van der Waals surface area contributed by atoms with Crippen molar-refractivity contribution in [2.24, 2.45) is 5.92 Å². The fourth-order valence-corrected chi connectivity index (χ4v) is 2.24. The molecule has 0 aliphatic rings. The summed E-state index contributed by atoms with van der Waals surface area (Å²) < 4.78 is 14.3. The lowest BCUT2D eigenvalue weighted by molar-refractivity contribution is -0.150. The Morgan fingerprint density at radius 2 is 2.00 bits per heavy atom. The Bertz CT molecular complexity index is 969. The van der Waals surface area contributed by atoms with Crippen molar-refractivity contribution in [3.05, 3.63) is 47.5 Å². The van der Waals surface area contributed by atoms with Crippen LogP contribution in [0.15, 0.2) is 36.7 Å². The third-order valence-corrected chi connectivity index (χ3v) is 3.88. The third kappa shape index (κ3) is 4.18. The predicted molar refractivity (Wildman–Crippen MR) is 98.4 cm³/mol. The molecule has 0 bridgehead atoms. The highest BCUT2D eigenvalue weighted by atomic mass is 35.5. The van der Waals surface area contributed by atoms with Crippen molar-refractivity contribution < 1.29 is 19.1 Å². The van der Waals surface area contributed by atoms with Gasteiger partial charge in [-0.25, -0.2) is 9.18 Å². The van der Waals surface area contributed by atoms with Crippen LogP contribution in [0.3, 0.4) is 0 Å². The zero-order valence-corrected chi connectivity index (χ0v) is 14.8. The average Bonchev–Trinajstić information content (AvgIpc) is 3.07. The number of aromatic amines is 1. The molecule has 2 aromatic heterocycles. The number of nitrogens with one attached hydrogen (secondary N) is 1. The van der Waals surface area contributed by atoms with Crippen molar-refractivity contribution in [3.63, 3.8) is 0 Å². The quantitative estimate of drug-likeness (QED) is 0.600. The Morgan fingerprint density at radius 3 is 2.54 bits per heavy atom. The minimum Gasteiger partial charge on any atom is -0.475 e. The second kappa shape index (κ2) is 7.97. The second-order valence-corrected chi connectivity index (χ2v) is 6.19. The largest absolute Gasteiger partial charge is 0.475 e. The monoisotopic (exact) mass is 377 g/mol. The molecule has 0 atom stereocenters. The fourth-order valence-electron chi connectivity index (χ4n) is 2.14. The maximum absolute atomic E-state index is 14.3. The number of carboxylic acids is 1. The van der Waals surface area contributed by atoms with Crippen molar-refractivity contribution in [2.75, 3.05) is 5.73 Å². The summed E-state index contributed by atoms with van der Waals surface area (Å²) in [5.41, 5.74) is 7.40. The van der Waals surface area contributed by atoms with Crippen LogP contribution in [0.1, 0.15) is 13.8 Å². The molecule has 3 aromatic rings. The number of aromatic nitrogens is 2. The standard InChI is InChI=1S/C13H9ClFN3.C5H8O3/c14-9-6-18-11(5-10(9)16)8-2-1-7-3-4-17-13(7)12(8)15;1-3(2)4(6)5(7)8/h1-6,17H,(H2,16,18);3H,1-2H3,(H,7,8). The zero-order valence-electron chi connectivity index (χ0n) is 14.1. The number of aliphatic carboxylic acids is 1. The molecule has 26 heavy (non-hydrogen) atoms. The summed E-state index contributed by atoms with van der Waals surface area (Å²) in [7, 11) is 0. The number of nitrogens with zero attached hydrogens (tertiary/aromatic N) is 1. The molecule has 0 fully saturated rings. The minimum atomic E-state index is -1.35. The van der Waals surface area contributed by atoms with Gasteiger partial charge in [-0.05, 0) is 18.2 Å². The van der Waals surface area contributed by atoms with Gasteiger partial charge in [0.15, 0.2) is 5.82 Å². The highest BCUT2D eigenvalue weighted by Gasteiger charge is 2.14. The van der Waals surface area contributed by atoms with Gasteiger partial charge in [-0.2, -0.15) is 0 Å². The molecule has 0 spiro atoms. The molecule has 0 amide bonds. The van der Waals surface area contributed by atoms with Crippen molar-refractivity contribution in [3.8, 4) is 11.3 Å². The van der Waals surface area contributed by atoms with E-state index in [-0.39, 0.29) is 5.82 Å². The number of benzene rings is 1. The Balaban J connectivity index is 0.000000260. The van der Waals surface area contributed by atoms with Gasteiger partial charge in [0.2, 0.25) is 5.78 Å². The second-order valence-electron chi connectivity index (χ2n) is 5.78. The van der Waals surface area contributed by atoms with Crippen LogP contribution < -0.4 is 5.73 Å². The van der Waals surface area contributed by atoms with E-state index >= 15 is 0 Å². The first kappa shape index (κ1) is 19.4. The Hall–Kier alpha value is -2.93. The molecular formula is C18H17ClFN3O3. The lowest BCUT2D eigenvalue weighted by Gasteiger charge is -2.05. The van der Waals surface area contributed by atoms with E-state index in [1.54, 1.807) is 32.2 Å². The summed E-state index contributed by atoms with van der Waals surface area (Å²) in [6, 6.07) is 6.89. The number of anilines is 1. The maximum atomic E-state index is 14.3. The van der Waals surface area contributed by atoms with Crippen LogP contribution in [0, 0.1) is 11.7 Å². The SMILES string of the molecule is CC(C)C(=O)C(=O)O.Nc1cc(-c2ccc3cc[nH]c3c2F)ncc1Cl. The van der Waals surface area contributed by atoms with Crippen LogP contribution >= 0.6 is 11.6 Å². The number of carbonyl (C=O) groups excluding carboxylic acids is 1. The Labute approximate surface area is 153 Å². The number of ketones is 1. The molecule has 2 heterocycles. The van der Waals surface area contributed by atoms with Crippen molar-refractivity contribution >= 4 is 39.9 Å². The molecule has 0 aliphatic heterocycles. The molecule has 3 rings (SSSR count). The Morgan fingerprint density at radius 1 is 1.31 bits per heavy atom. The summed E-state index contributed by atoms with van der Waals surface area (Å²) in [4.78, 5) is 27.0. The fraction of sp³-hybridized carbons (Fsp3) is 0.167. The first-order valence-corrected chi connectivity index (χ1v) is 8.04. The zero-order chi connectivity index (χ0) is 19.4. The van der Waals surface area contributed by atoms with Crippen molar-refractivity contribution in [1.82, 2.24) is 9.97 Å². The number of nitrogens with two attached hydrogens (primary N) is 1. The number of H-pyrrole nitrogens is 1. The number of hydrogen-bond acceptors (Lipinski definition) is 4. The molecule has 0 unspecified atom stereocenters. The first-order valence-electron chi connectivity index (χ1n) is 7.66. The first-order chi connectivity index (χ1) is 12.2. The normalized spacial score (nSPS) is 10.5. The van der Waals surface area contributed by atoms with E-state index < -0.39 is 17.7 Å². The lowest BCUT2D eigenvalue weighted by atomic mass is 10.1. The van der Waals surface area contributed by atoms with Crippen LogP contribution in [0.5, 0.6) is 0 Å². The average molecular weight is 378 g/mol. The molecule has 136 valence electrons. The lowest BCUT2D eigenvalue weighted by Crippen LogP contribution is -2.18. The van der Waals surface area contributed by atoms with Gasteiger partial charge in [0, 0.05) is 29.3 Å². The summed E-state index contributed by atoms with van der Waals surface area (Å²) in [6.45, 7) is 3.10. The number of pyridine rings is 1. The minimum absolute atomic E-state index is 0.341. The van der Waals surface area contributed by atoms with E-state index in [0.29, 0.717) is 27.5 Å². The van der Waals surface area contributed by atoms with E-state index in [0.717, 1.165) is 5.39 Å². The van der Waals surface area contributed by atoms with Gasteiger partial charge in [-0.1, -0.05) is 31.5 Å². The molecule has 0 saturated carbocycles.